The Hall–Kier alpha value is -3.97. The van der Waals surface area contributed by atoms with Crippen LogP contribution < -0.4 is 4.74 Å². The topological polar surface area (TPSA) is 84.0 Å². The lowest BCUT2D eigenvalue weighted by molar-refractivity contribution is 0.0785. The van der Waals surface area contributed by atoms with Crippen molar-refractivity contribution in [1.82, 2.24) is 19.1 Å². The van der Waals surface area contributed by atoms with Gasteiger partial charge in [-0.15, -0.1) is 3.89 Å². The van der Waals surface area contributed by atoms with Crippen molar-refractivity contribution < 1.29 is 17.8 Å². The van der Waals surface area contributed by atoms with E-state index in [2.05, 4.69) is 10.1 Å². The van der Waals surface area contributed by atoms with Crippen LogP contribution in [0.4, 0.5) is 8.28 Å². The van der Waals surface area contributed by atoms with E-state index in [1.54, 1.807) is 50.6 Å². The first-order chi connectivity index (χ1) is 16.9. The van der Waals surface area contributed by atoms with Gasteiger partial charge in [-0.1, -0.05) is 0 Å². The van der Waals surface area contributed by atoms with Crippen molar-refractivity contribution in [3.8, 4) is 22.9 Å². The number of benzene rings is 2. The van der Waals surface area contributed by atoms with Crippen molar-refractivity contribution in [3.05, 3.63) is 77.0 Å². The first-order valence-electron chi connectivity index (χ1n) is 10.7. The van der Waals surface area contributed by atoms with Gasteiger partial charge >= 0.3 is 0 Å². The third kappa shape index (κ3) is 4.81. The Morgan fingerprint density at radius 2 is 2.06 bits per heavy atom. The number of ether oxygens (including phenoxy) is 1. The van der Waals surface area contributed by atoms with Crippen LogP contribution >= 0.6 is 12.3 Å². The van der Waals surface area contributed by atoms with Crippen LogP contribution in [0.15, 0.2) is 48.8 Å². The monoisotopic (exact) mass is 493 g/mol. The van der Waals surface area contributed by atoms with Crippen molar-refractivity contribution in [2.75, 3.05) is 13.7 Å². The van der Waals surface area contributed by atoms with Crippen LogP contribution in [0.2, 0.25) is 0 Å². The standard InChI is InChI=1S/C25H21F2N5O2S/c1-4-34-23-10-17(5-6-21(23)18-7-16(11-28)8-20(26)9-18)25(33)31(3)14-19-12-29-15(2)22-13-30-32(35-27)24(19)22/h5-10,12-13H,4,14H2,1-3H3. The van der Waals surface area contributed by atoms with Gasteiger partial charge < -0.3 is 9.64 Å². The predicted molar refractivity (Wildman–Crippen MR) is 130 cm³/mol. The lowest BCUT2D eigenvalue weighted by Gasteiger charge is -2.19. The summed E-state index contributed by atoms with van der Waals surface area (Å²) >= 11 is -0.0188. The van der Waals surface area contributed by atoms with Crippen molar-refractivity contribution in [2.24, 2.45) is 0 Å². The lowest BCUT2D eigenvalue weighted by Crippen LogP contribution is -2.26. The molecule has 0 fully saturated rings. The maximum absolute atomic E-state index is 14.0. The number of hydrogen-bond donors (Lipinski definition) is 0. The second kappa shape index (κ2) is 10.1. The number of halogens is 2. The third-order valence-corrected chi connectivity index (χ3v) is 5.94. The molecular formula is C25H21F2N5O2S. The fourth-order valence-corrected chi connectivity index (χ4v) is 4.26. The minimum Gasteiger partial charge on any atom is -0.493 e. The van der Waals surface area contributed by atoms with E-state index >= 15 is 0 Å². The predicted octanol–water partition coefficient (Wildman–Crippen LogP) is 5.47. The number of carbonyl (C=O) groups excluding carboxylic acids is 1. The zero-order valence-electron chi connectivity index (χ0n) is 19.2. The van der Waals surface area contributed by atoms with E-state index in [9.17, 15) is 18.3 Å². The molecule has 0 unspecified atom stereocenters. The Morgan fingerprint density at radius 1 is 1.26 bits per heavy atom. The average Bonchev–Trinajstić information content (AvgIpc) is 3.30. The summed E-state index contributed by atoms with van der Waals surface area (Å²) in [5.74, 6) is -0.431. The van der Waals surface area contributed by atoms with Gasteiger partial charge in [-0.05, 0) is 55.8 Å². The zero-order chi connectivity index (χ0) is 25.1. The molecule has 0 aliphatic rings. The molecular weight excluding hydrogens is 472 g/mol. The molecule has 4 aromatic rings. The Balaban J connectivity index is 1.66. The number of nitriles is 1. The Labute approximate surface area is 205 Å². The number of nitrogens with zero attached hydrogens (tertiary/aromatic N) is 5. The largest absolute Gasteiger partial charge is 0.493 e. The van der Waals surface area contributed by atoms with E-state index in [1.165, 1.54) is 11.0 Å². The summed E-state index contributed by atoms with van der Waals surface area (Å²) in [5.41, 5.74) is 3.51. The van der Waals surface area contributed by atoms with Crippen LogP contribution in [0.1, 0.15) is 34.1 Å². The highest BCUT2D eigenvalue weighted by atomic mass is 32.2. The molecule has 178 valence electrons. The second-order valence-corrected chi connectivity index (χ2v) is 8.35. The van der Waals surface area contributed by atoms with Crippen molar-refractivity contribution in [2.45, 2.75) is 20.4 Å². The van der Waals surface area contributed by atoms with Gasteiger partial charge in [0.1, 0.15) is 11.6 Å². The molecule has 10 heteroatoms. The smallest absolute Gasteiger partial charge is 0.254 e. The lowest BCUT2D eigenvalue weighted by atomic mass is 10.00. The molecule has 0 spiro atoms. The molecule has 1 amide bonds. The van der Waals surface area contributed by atoms with E-state index in [0.29, 0.717) is 51.2 Å². The van der Waals surface area contributed by atoms with E-state index in [4.69, 9.17) is 4.74 Å². The van der Waals surface area contributed by atoms with Gasteiger partial charge in [0.2, 0.25) is 0 Å². The summed E-state index contributed by atoms with van der Waals surface area (Å²) in [6, 6.07) is 10.9. The fraction of sp³-hybridized carbons (Fsp3) is 0.200. The molecule has 0 saturated carbocycles. The summed E-state index contributed by atoms with van der Waals surface area (Å²) in [6.07, 6.45) is 3.16. The highest BCUT2D eigenvalue weighted by Gasteiger charge is 2.19. The highest BCUT2D eigenvalue weighted by Crippen LogP contribution is 2.33. The molecule has 35 heavy (non-hydrogen) atoms. The van der Waals surface area contributed by atoms with Gasteiger partial charge in [-0.3, -0.25) is 9.78 Å². The average molecular weight is 494 g/mol. The molecule has 2 heterocycles. The van der Waals surface area contributed by atoms with Crippen LogP contribution in [-0.2, 0) is 6.54 Å². The summed E-state index contributed by atoms with van der Waals surface area (Å²) in [7, 11) is 1.64. The maximum atomic E-state index is 14.0. The number of carbonyl (C=O) groups is 1. The number of pyridine rings is 1. The van der Waals surface area contributed by atoms with E-state index in [1.807, 2.05) is 13.0 Å². The molecule has 7 nitrogen and oxygen atoms in total. The Morgan fingerprint density at radius 3 is 2.77 bits per heavy atom. The van der Waals surface area contributed by atoms with E-state index in [0.717, 1.165) is 10.2 Å². The molecule has 0 radical (unpaired) electrons. The Kier molecular flexibility index (Phi) is 6.98. The van der Waals surface area contributed by atoms with E-state index < -0.39 is 5.82 Å². The van der Waals surface area contributed by atoms with Crippen LogP contribution in [0.25, 0.3) is 22.0 Å². The fourth-order valence-electron chi connectivity index (χ4n) is 3.89. The first kappa shape index (κ1) is 24.2. The summed E-state index contributed by atoms with van der Waals surface area (Å²) in [4.78, 5) is 19.1. The van der Waals surface area contributed by atoms with Gasteiger partial charge in [-0.25, -0.2) is 4.39 Å². The number of aromatic nitrogens is 3. The van der Waals surface area contributed by atoms with Gasteiger partial charge in [0, 0.05) is 47.6 Å². The SMILES string of the molecule is CCOc1cc(C(=O)N(C)Cc2cnc(C)c3cnn(SF)c23)ccc1-c1cc(F)cc(C#N)c1. The number of aryl methyl sites for hydroxylation is 1. The summed E-state index contributed by atoms with van der Waals surface area (Å²) in [5, 5.41) is 13.9. The van der Waals surface area contributed by atoms with Crippen molar-refractivity contribution >= 4 is 29.1 Å². The molecule has 2 aromatic carbocycles. The van der Waals surface area contributed by atoms with Crippen LogP contribution in [-0.4, -0.2) is 38.6 Å². The van der Waals surface area contributed by atoms with Gasteiger partial charge in [-0.2, -0.15) is 14.4 Å². The molecule has 0 N–H and O–H groups in total. The van der Waals surface area contributed by atoms with Crippen LogP contribution in [0.3, 0.4) is 0 Å². The number of amides is 1. The zero-order valence-corrected chi connectivity index (χ0v) is 20.1. The second-order valence-electron chi connectivity index (χ2n) is 7.86. The van der Waals surface area contributed by atoms with Gasteiger partial charge in [0.15, 0.2) is 12.3 Å². The molecule has 2 aromatic heterocycles. The molecule has 4 rings (SSSR count). The number of hydrogen-bond acceptors (Lipinski definition) is 6. The van der Waals surface area contributed by atoms with Crippen molar-refractivity contribution in [3.63, 3.8) is 0 Å². The molecule has 0 atom stereocenters. The normalized spacial score (nSPS) is 10.9. The third-order valence-electron chi connectivity index (χ3n) is 5.53. The molecule has 0 bridgehead atoms. The minimum atomic E-state index is -0.537. The first-order valence-corrected chi connectivity index (χ1v) is 11.4. The van der Waals surface area contributed by atoms with Crippen molar-refractivity contribution in [1.29, 1.82) is 5.26 Å². The maximum Gasteiger partial charge on any atom is 0.254 e. The Bertz CT molecular complexity index is 1460. The molecule has 0 aliphatic heterocycles. The molecule has 0 saturated heterocycles. The summed E-state index contributed by atoms with van der Waals surface area (Å²) in [6.45, 7) is 4.12. The van der Waals surface area contributed by atoms with Gasteiger partial charge in [0.25, 0.3) is 5.91 Å². The van der Waals surface area contributed by atoms with Crippen LogP contribution in [0, 0.1) is 24.1 Å². The summed E-state index contributed by atoms with van der Waals surface area (Å²) < 4.78 is 34.3. The molecule has 0 aliphatic carbocycles. The highest BCUT2D eigenvalue weighted by molar-refractivity contribution is 7.92. The quantitative estimate of drug-likeness (QED) is 0.340. The van der Waals surface area contributed by atoms with Gasteiger partial charge in [0.05, 0.1) is 30.0 Å². The van der Waals surface area contributed by atoms with Crippen LogP contribution in [0.5, 0.6) is 5.75 Å². The number of fused-ring (bicyclic) bond motifs is 1. The minimum absolute atomic E-state index is 0.0188. The van der Waals surface area contributed by atoms with E-state index in [-0.39, 0.29) is 30.3 Å². The number of rotatable bonds is 7.